The molecule has 1 aliphatic rings. The number of hydrogen-bond donors (Lipinski definition) is 1. The highest BCUT2D eigenvalue weighted by molar-refractivity contribution is 7.99. The van der Waals surface area contributed by atoms with E-state index in [1.807, 2.05) is 18.8 Å². The van der Waals surface area contributed by atoms with Gasteiger partial charge >= 0.3 is 0 Å². The van der Waals surface area contributed by atoms with Gasteiger partial charge in [-0.05, 0) is 44.5 Å². The summed E-state index contributed by atoms with van der Waals surface area (Å²) in [6, 6.07) is 8.79. The third kappa shape index (κ3) is 4.02. The first-order valence-electron chi connectivity index (χ1n) is 6.29. The molecule has 2 nitrogen and oxygen atoms in total. The number of ether oxygens (including phenoxy) is 1. The van der Waals surface area contributed by atoms with E-state index in [0.29, 0.717) is 12.2 Å². The van der Waals surface area contributed by atoms with Crippen LogP contribution in [0.15, 0.2) is 29.2 Å². The van der Waals surface area contributed by atoms with E-state index < -0.39 is 0 Å². The molecule has 0 amide bonds. The monoisotopic (exact) mass is 251 g/mol. The van der Waals surface area contributed by atoms with Gasteiger partial charge in [-0.3, -0.25) is 0 Å². The Morgan fingerprint density at radius 2 is 2.06 bits per heavy atom. The van der Waals surface area contributed by atoms with Crippen molar-refractivity contribution in [3.05, 3.63) is 29.8 Å². The van der Waals surface area contributed by atoms with Crippen LogP contribution in [-0.4, -0.2) is 25.0 Å². The van der Waals surface area contributed by atoms with Crippen LogP contribution in [0.5, 0.6) is 0 Å². The summed E-state index contributed by atoms with van der Waals surface area (Å²) in [6.07, 6.45) is 3.34. The third-order valence-electron chi connectivity index (χ3n) is 3.06. The zero-order chi connectivity index (χ0) is 12.1. The van der Waals surface area contributed by atoms with Crippen LogP contribution < -0.4 is 5.32 Å². The second-order valence-electron chi connectivity index (χ2n) is 4.63. The summed E-state index contributed by atoms with van der Waals surface area (Å²) in [6.45, 7) is 3.10. The molecule has 1 aromatic carbocycles. The summed E-state index contributed by atoms with van der Waals surface area (Å²) in [7, 11) is 1.97. The molecule has 2 unspecified atom stereocenters. The lowest BCUT2D eigenvalue weighted by Gasteiger charge is -2.10. The van der Waals surface area contributed by atoms with Gasteiger partial charge in [-0.1, -0.05) is 12.1 Å². The van der Waals surface area contributed by atoms with E-state index in [0.717, 1.165) is 12.3 Å². The van der Waals surface area contributed by atoms with Crippen molar-refractivity contribution < 1.29 is 4.74 Å². The maximum atomic E-state index is 5.81. The molecule has 0 radical (unpaired) electrons. The molecule has 1 saturated heterocycles. The molecule has 0 aliphatic carbocycles. The molecule has 2 rings (SSSR count). The predicted molar refractivity (Wildman–Crippen MR) is 73.5 cm³/mol. The zero-order valence-electron chi connectivity index (χ0n) is 10.6. The summed E-state index contributed by atoms with van der Waals surface area (Å²) in [5.41, 5.74) is 1.34. The first kappa shape index (κ1) is 12.9. The highest BCUT2D eigenvalue weighted by Gasteiger charge is 2.21. The fourth-order valence-electron chi connectivity index (χ4n) is 2.10. The standard InChI is InChI=1S/C14H21NOS/c1-11-3-6-13(16-11)10-17-14-7-4-12(5-8-14)9-15-2/h4-5,7-8,11,13,15H,3,6,9-10H2,1-2H3. The minimum atomic E-state index is 0.451. The first-order chi connectivity index (χ1) is 8.28. The van der Waals surface area contributed by atoms with Crippen molar-refractivity contribution in [3.8, 4) is 0 Å². The summed E-state index contributed by atoms with van der Waals surface area (Å²) < 4.78 is 5.81. The van der Waals surface area contributed by atoms with E-state index in [1.54, 1.807) is 0 Å². The van der Waals surface area contributed by atoms with Crippen LogP contribution in [0.25, 0.3) is 0 Å². The van der Waals surface area contributed by atoms with Crippen LogP contribution in [0.4, 0.5) is 0 Å². The SMILES string of the molecule is CNCc1ccc(SCC2CCC(C)O2)cc1. The summed E-state index contributed by atoms with van der Waals surface area (Å²) in [5, 5.41) is 3.16. The fraction of sp³-hybridized carbons (Fsp3) is 0.571. The van der Waals surface area contributed by atoms with Crippen molar-refractivity contribution in [2.45, 2.75) is 43.4 Å². The first-order valence-corrected chi connectivity index (χ1v) is 7.28. The van der Waals surface area contributed by atoms with Crippen molar-refractivity contribution in [2.24, 2.45) is 0 Å². The van der Waals surface area contributed by atoms with Crippen molar-refractivity contribution in [1.82, 2.24) is 5.32 Å². The molecule has 94 valence electrons. The lowest BCUT2D eigenvalue weighted by Crippen LogP contribution is -2.10. The third-order valence-corrected chi connectivity index (χ3v) is 4.20. The molecule has 1 aromatic rings. The Hall–Kier alpha value is -0.510. The normalized spacial score (nSPS) is 24.1. The van der Waals surface area contributed by atoms with E-state index in [-0.39, 0.29) is 0 Å². The molecule has 1 heterocycles. The Labute approximate surface area is 108 Å². The molecule has 1 aliphatic heterocycles. The second-order valence-corrected chi connectivity index (χ2v) is 5.72. The maximum absolute atomic E-state index is 5.81. The molecular formula is C14H21NOS. The van der Waals surface area contributed by atoms with Crippen molar-refractivity contribution in [3.63, 3.8) is 0 Å². The number of benzene rings is 1. The molecule has 17 heavy (non-hydrogen) atoms. The van der Waals surface area contributed by atoms with Crippen molar-refractivity contribution in [1.29, 1.82) is 0 Å². The molecule has 0 saturated carbocycles. The zero-order valence-corrected chi connectivity index (χ0v) is 11.4. The Morgan fingerprint density at radius 1 is 1.29 bits per heavy atom. The smallest absolute Gasteiger partial charge is 0.0673 e. The van der Waals surface area contributed by atoms with Gasteiger partial charge in [-0.25, -0.2) is 0 Å². The van der Waals surface area contributed by atoms with E-state index in [9.17, 15) is 0 Å². The van der Waals surface area contributed by atoms with E-state index in [1.165, 1.54) is 23.3 Å². The minimum Gasteiger partial charge on any atom is -0.374 e. The number of thioether (sulfide) groups is 1. The molecule has 0 bridgehead atoms. The van der Waals surface area contributed by atoms with Gasteiger partial charge in [-0.2, -0.15) is 0 Å². The average Bonchev–Trinajstić information content (AvgIpc) is 2.75. The van der Waals surface area contributed by atoms with Gasteiger partial charge in [0.1, 0.15) is 0 Å². The Bertz CT molecular complexity index is 339. The Morgan fingerprint density at radius 3 is 2.65 bits per heavy atom. The van der Waals surface area contributed by atoms with E-state index in [4.69, 9.17) is 4.74 Å². The van der Waals surface area contributed by atoms with Gasteiger partial charge in [0.25, 0.3) is 0 Å². The predicted octanol–water partition coefficient (Wildman–Crippen LogP) is 3.07. The second kappa shape index (κ2) is 6.43. The van der Waals surface area contributed by atoms with E-state index >= 15 is 0 Å². The molecule has 1 N–H and O–H groups in total. The molecule has 0 spiro atoms. The Kier molecular flexibility index (Phi) is 4.89. The van der Waals surface area contributed by atoms with Gasteiger partial charge in [0.05, 0.1) is 12.2 Å². The maximum Gasteiger partial charge on any atom is 0.0673 e. The van der Waals surface area contributed by atoms with E-state index in [2.05, 4.69) is 36.5 Å². The molecule has 3 heteroatoms. The fourth-order valence-corrected chi connectivity index (χ4v) is 3.06. The van der Waals surface area contributed by atoms with Crippen LogP contribution >= 0.6 is 11.8 Å². The van der Waals surface area contributed by atoms with Crippen LogP contribution in [0.2, 0.25) is 0 Å². The molecule has 1 fully saturated rings. The van der Waals surface area contributed by atoms with Gasteiger partial charge in [0, 0.05) is 17.2 Å². The number of nitrogens with one attached hydrogen (secondary N) is 1. The molecular weight excluding hydrogens is 230 g/mol. The van der Waals surface area contributed by atoms with Crippen LogP contribution in [0.3, 0.4) is 0 Å². The summed E-state index contributed by atoms with van der Waals surface area (Å²) in [5.74, 6) is 1.08. The van der Waals surface area contributed by atoms with Gasteiger partial charge in [0.2, 0.25) is 0 Å². The largest absolute Gasteiger partial charge is 0.374 e. The molecule has 0 aromatic heterocycles. The van der Waals surface area contributed by atoms with Crippen LogP contribution in [0, 0.1) is 0 Å². The summed E-state index contributed by atoms with van der Waals surface area (Å²) >= 11 is 1.90. The van der Waals surface area contributed by atoms with Crippen LogP contribution in [0.1, 0.15) is 25.3 Å². The van der Waals surface area contributed by atoms with Gasteiger partial charge < -0.3 is 10.1 Å². The van der Waals surface area contributed by atoms with Gasteiger partial charge in [-0.15, -0.1) is 11.8 Å². The molecule has 2 atom stereocenters. The topological polar surface area (TPSA) is 21.3 Å². The average molecular weight is 251 g/mol. The van der Waals surface area contributed by atoms with Crippen molar-refractivity contribution in [2.75, 3.05) is 12.8 Å². The summed E-state index contributed by atoms with van der Waals surface area (Å²) in [4.78, 5) is 1.34. The number of hydrogen-bond acceptors (Lipinski definition) is 3. The highest BCUT2D eigenvalue weighted by Crippen LogP contribution is 2.26. The van der Waals surface area contributed by atoms with Crippen LogP contribution in [-0.2, 0) is 11.3 Å². The Balaban J connectivity index is 1.78. The van der Waals surface area contributed by atoms with Crippen molar-refractivity contribution >= 4 is 11.8 Å². The van der Waals surface area contributed by atoms with Gasteiger partial charge in [0.15, 0.2) is 0 Å². The minimum absolute atomic E-state index is 0.451. The highest BCUT2D eigenvalue weighted by atomic mass is 32.2. The lowest BCUT2D eigenvalue weighted by molar-refractivity contribution is 0.0700. The number of rotatable bonds is 5. The lowest BCUT2D eigenvalue weighted by atomic mass is 10.2. The quantitative estimate of drug-likeness (QED) is 0.813.